The van der Waals surface area contributed by atoms with E-state index in [0.29, 0.717) is 6.54 Å². The number of benzene rings is 4. The molecule has 5 N–H and O–H groups in total. The molecule has 7 aliphatic rings. The molecule has 0 aromatic heterocycles. The zero-order valence-corrected chi connectivity index (χ0v) is 30.9. The lowest BCUT2D eigenvalue weighted by atomic mass is 9.49. The van der Waals surface area contributed by atoms with Gasteiger partial charge in [0, 0.05) is 30.5 Å². The third kappa shape index (κ3) is 6.44. The number of hydrogen-bond donors (Lipinski definition) is 5. The fourth-order valence-corrected chi connectivity index (χ4v) is 11.7. The summed E-state index contributed by atoms with van der Waals surface area (Å²) in [4.78, 5) is 67.8. The Labute approximate surface area is 325 Å². The van der Waals surface area contributed by atoms with Gasteiger partial charge in [-0.2, -0.15) is 0 Å². The van der Waals surface area contributed by atoms with Crippen molar-refractivity contribution in [3.8, 4) is 0 Å². The molecular formula is C46H45N3O7. The number of fused-ring (bicyclic) bond motifs is 1. The maximum absolute atomic E-state index is 15.1. The topological polar surface area (TPSA) is 162 Å². The molecule has 0 spiro atoms. The van der Waals surface area contributed by atoms with Crippen LogP contribution in [0.25, 0.3) is 0 Å². The van der Waals surface area contributed by atoms with E-state index in [9.17, 15) is 29.4 Å². The second-order valence-electron chi connectivity index (χ2n) is 17.0. The third-order valence-electron chi connectivity index (χ3n) is 13.5. The van der Waals surface area contributed by atoms with E-state index in [-0.39, 0.29) is 40.5 Å². The van der Waals surface area contributed by atoms with Crippen LogP contribution in [0.15, 0.2) is 97.1 Å². The van der Waals surface area contributed by atoms with Crippen LogP contribution in [0.1, 0.15) is 98.9 Å². The maximum atomic E-state index is 15.1. The smallest absolute Gasteiger partial charge is 0.335 e. The molecule has 4 aromatic carbocycles. The predicted molar refractivity (Wildman–Crippen MR) is 208 cm³/mol. The summed E-state index contributed by atoms with van der Waals surface area (Å²) in [6.45, 7) is 0.605. The van der Waals surface area contributed by atoms with Crippen LogP contribution >= 0.6 is 0 Å². The molecule has 7 aliphatic carbocycles. The van der Waals surface area contributed by atoms with Crippen molar-refractivity contribution in [3.63, 3.8) is 0 Å². The van der Waals surface area contributed by atoms with Gasteiger partial charge in [-0.1, -0.05) is 78.9 Å². The van der Waals surface area contributed by atoms with E-state index in [1.54, 1.807) is 0 Å². The summed E-state index contributed by atoms with van der Waals surface area (Å²) in [5.74, 6) is -4.09. The van der Waals surface area contributed by atoms with Gasteiger partial charge >= 0.3 is 11.9 Å². The number of carboxylic acid groups (broad SMARTS) is 2. The second-order valence-corrected chi connectivity index (χ2v) is 17.0. The Bertz CT molecular complexity index is 2140. The van der Waals surface area contributed by atoms with Gasteiger partial charge in [0.05, 0.1) is 23.0 Å². The molecule has 0 saturated heterocycles. The highest BCUT2D eigenvalue weighted by molar-refractivity contribution is 6.02. The number of anilines is 1. The van der Waals surface area contributed by atoms with Crippen molar-refractivity contribution in [1.82, 2.24) is 10.6 Å². The van der Waals surface area contributed by atoms with Gasteiger partial charge in [0.2, 0.25) is 17.7 Å². The van der Waals surface area contributed by atoms with Gasteiger partial charge in [0.15, 0.2) is 0 Å². The molecule has 4 aromatic rings. The first kappa shape index (κ1) is 35.9. The predicted octanol–water partition coefficient (Wildman–Crippen LogP) is 6.61. The number of carbonyl (C=O) groups excluding carboxylic acids is 3. The van der Waals surface area contributed by atoms with E-state index < -0.39 is 47.5 Å². The lowest BCUT2D eigenvalue weighted by Gasteiger charge is -2.57. The number of nitrogens with one attached hydrogen (secondary N) is 3. The van der Waals surface area contributed by atoms with Crippen molar-refractivity contribution in [1.29, 1.82) is 0 Å². The van der Waals surface area contributed by atoms with E-state index in [2.05, 4.69) is 28.1 Å². The van der Waals surface area contributed by atoms with Crippen molar-refractivity contribution in [2.75, 3.05) is 11.9 Å². The highest BCUT2D eigenvalue weighted by atomic mass is 16.4. The van der Waals surface area contributed by atoms with E-state index in [1.165, 1.54) is 31.4 Å². The maximum Gasteiger partial charge on any atom is 0.335 e. The van der Waals surface area contributed by atoms with Crippen LogP contribution in [-0.2, 0) is 20.8 Å². The zero-order valence-electron chi connectivity index (χ0n) is 30.9. The Hall–Kier alpha value is -5.77. The summed E-state index contributed by atoms with van der Waals surface area (Å²) < 4.78 is 0. The Morgan fingerprint density at radius 3 is 1.57 bits per heavy atom. The molecular weight excluding hydrogens is 707 g/mol. The fourth-order valence-electron chi connectivity index (χ4n) is 11.7. The zero-order chi connectivity index (χ0) is 38.7. The molecule has 0 aliphatic heterocycles. The Morgan fingerprint density at radius 2 is 1.09 bits per heavy atom. The van der Waals surface area contributed by atoms with Crippen molar-refractivity contribution in [2.24, 2.45) is 35.0 Å². The summed E-state index contributed by atoms with van der Waals surface area (Å²) in [5.41, 5.74) is 4.31. The minimum Gasteiger partial charge on any atom is -0.478 e. The molecule has 10 heteroatoms. The van der Waals surface area contributed by atoms with Crippen molar-refractivity contribution in [3.05, 3.63) is 136 Å². The van der Waals surface area contributed by atoms with Crippen molar-refractivity contribution < 1.29 is 34.2 Å². The van der Waals surface area contributed by atoms with Crippen LogP contribution in [0.4, 0.5) is 5.69 Å². The Morgan fingerprint density at radius 1 is 0.625 bits per heavy atom. The number of aromatic carboxylic acids is 2. The molecule has 4 fully saturated rings. The minimum atomic E-state index is -1.35. The fraction of sp³-hybridized carbons (Fsp3) is 0.370. The van der Waals surface area contributed by atoms with Crippen LogP contribution in [-0.4, -0.2) is 52.5 Å². The molecule has 3 atom stereocenters. The first-order chi connectivity index (χ1) is 27.1. The molecule has 56 heavy (non-hydrogen) atoms. The van der Waals surface area contributed by atoms with Gasteiger partial charge in [-0.05, 0) is 108 Å². The van der Waals surface area contributed by atoms with E-state index in [4.69, 9.17) is 0 Å². The SMILES string of the molecule is O=C(O)c1cc(NC(=O)[C@H](Cc2ccccc2)NC(=O)[C@@H]2C3c4ccccc4C(c4ccccc43)[C@@H]2C(=O)NCC23CC4CC(CC(C4)C2)C3)cc(C(=O)O)c1. The highest BCUT2D eigenvalue weighted by Crippen LogP contribution is 2.61. The van der Waals surface area contributed by atoms with Crippen LogP contribution in [0.2, 0.25) is 0 Å². The highest BCUT2D eigenvalue weighted by Gasteiger charge is 2.56. The quantitative estimate of drug-likeness (QED) is 0.115. The van der Waals surface area contributed by atoms with Crippen molar-refractivity contribution in [2.45, 2.75) is 62.8 Å². The molecule has 11 rings (SSSR count). The van der Waals surface area contributed by atoms with Crippen LogP contribution in [0.3, 0.4) is 0 Å². The summed E-state index contributed by atoms with van der Waals surface area (Å²) in [5, 5.41) is 28.5. The minimum absolute atomic E-state index is 0.0267. The lowest BCUT2D eigenvalue weighted by molar-refractivity contribution is -0.139. The Balaban J connectivity index is 1.06. The largest absolute Gasteiger partial charge is 0.478 e. The molecule has 0 radical (unpaired) electrons. The molecule has 3 amide bonds. The van der Waals surface area contributed by atoms with E-state index >= 15 is 4.79 Å². The summed E-state index contributed by atoms with van der Waals surface area (Å²) in [6, 6.07) is 27.5. The first-order valence-electron chi connectivity index (χ1n) is 19.8. The van der Waals surface area contributed by atoms with E-state index in [1.807, 2.05) is 66.7 Å². The van der Waals surface area contributed by atoms with Gasteiger partial charge in [0.1, 0.15) is 6.04 Å². The Kier molecular flexibility index (Phi) is 9.02. The van der Waals surface area contributed by atoms with Crippen LogP contribution < -0.4 is 16.0 Å². The van der Waals surface area contributed by atoms with Crippen LogP contribution in [0, 0.1) is 35.0 Å². The van der Waals surface area contributed by atoms with Gasteiger partial charge in [-0.25, -0.2) is 9.59 Å². The monoisotopic (exact) mass is 751 g/mol. The average Bonchev–Trinajstić information content (AvgIpc) is 3.19. The second kappa shape index (κ2) is 14.1. The summed E-state index contributed by atoms with van der Waals surface area (Å²) in [6.07, 6.45) is 7.44. The number of carboxylic acids is 2. The molecule has 0 heterocycles. The molecule has 0 unspecified atom stereocenters. The molecule has 286 valence electrons. The first-order valence-corrected chi connectivity index (χ1v) is 19.8. The van der Waals surface area contributed by atoms with E-state index in [0.717, 1.165) is 70.9 Å². The number of carbonyl (C=O) groups is 5. The summed E-state index contributed by atoms with van der Waals surface area (Å²) in [7, 11) is 0. The number of hydrogen-bond acceptors (Lipinski definition) is 5. The third-order valence-corrected chi connectivity index (χ3v) is 13.5. The van der Waals surface area contributed by atoms with Gasteiger partial charge in [0.25, 0.3) is 0 Å². The van der Waals surface area contributed by atoms with Gasteiger partial charge in [-0.3, -0.25) is 14.4 Å². The molecule has 4 saturated carbocycles. The molecule has 6 bridgehead atoms. The summed E-state index contributed by atoms with van der Waals surface area (Å²) >= 11 is 0. The van der Waals surface area contributed by atoms with Crippen molar-refractivity contribution >= 4 is 35.3 Å². The normalized spacial score (nSPS) is 28.0. The lowest BCUT2D eigenvalue weighted by Crippen LogP contribution is -2.57. The van der Waals surface area contributed by atoms with Gasteiger partial charge in [-0.15, -0.1) is 0 Å². The molecule has 10 nitrogen and oxygen atoms in total. The standard InChI is InChI=1S/C46H45N3O7/c50-41(48-31-19-29(44(53)54)18-30(20-31)45(55)56)36(17-25-8-2-1-3-9-25)49-43(52)40-38-34-12-6-4-10-32(34)37(33-11-5-7-13-35(33)38)39(40)42(51)47-24-46-21-26-14-27(22-46)16-28(15-26)23-46/h1-13,18-20,26-28,36-40H,14-17,21-24H2,(H,47,51)(H,48,50)(H,49,52)(H,53,54)(H,55,56)/t26?,27?,28?,36-,37?,38?,39-,40+,46?/m0/s1. The van der Waals surface area contributed by atoms with Crippen LogP contribution in [0.5, 0.6) is 0 Å². The number of amides is 3. The number of rotatable bonds is 11. The van der Waals surface area contributed by atoms with Gasteiger partial charge < -0.3 is 26.2 Å². The average molecular weight is 752 g/mol.